The number of aromatic nitrogens is 1. The number of ether oxygens (including phenoxy) is 1. The third-order valence-corrected chi connectivity index (χ3v) is 6.58. The van der Waals surface area contributed by atoms with Gasteiger partial charge in [0.15, 0.2) is 0 Å². The van der Waals surface area contributed by atoms with Gasteiger partial charge in [0.1, 0.15) is 5.75 Å². The lowest BCUT2D eigenvalue weighted by atomic mass is 10.1. The summed E-state index contributed by atoms with van der Waals surface area (Å²) >= 11 is 1.67. The van der Waals surface area contributed by atoms with E-state index in [1.165, 1.54) is 0 Å². The minimum atomic E-state index is -0.120. The SMILES string of the molecule is COc1ccc(NC(=O)N2CCN(Cc3csc(C)n3)CC2)cc1N1CCCCC1=O. The molecule has 0 atom stereocenters. The number of aryl methyl sites for hydroxylation is 1. The number of hydrogen-bond donors (Lipinski definition) is 1. The van der Waals surface area contributed by atoms with Crippen LogP contribution in [-0.2, 0) is 11.3 Å². The lowest BCUT2D eigenvalue weighted by Crippen LogP contribution is -2.49. The van der Waals surface area contributed by atoms with Gasteiger partial charge in [-0.25, -0.2) is 9.78 Å². The number of benzene rings is 1. The minimum Gasteiger partial charge on any atom is -0.495 e. The second kappa shape index (κ2) is 9.65. The van der Waals surface area contributed by atoms with E-state index < -0.39 is 0 Å². The number of hydrogen-bond acceptors (Lipinski definition) is 6. The van der Waals surface area contributed by atoms with Crippen LogP contribution in [0.15, 0.2) is 23.6 Å². The average molecular weight is 444 g/mol. The lowest BCUT2D eigenvalue weighted by molar-refractivity contribution is -0.119. The molecule has 2 aliphatic heterocycles. The normalized spacial score (nSPS) is 17.7. The predicted octanol–water partition coefficient (Wildman–Crippen LogP) is 3.33. The summed E-state index contributed by atoms with van der Waals surface area (Å²) in [5.41, 5.74) is 2.48. The maximum atomic E-state index is 12.8. The van der Waals surface area contributed by atoms with Crippen molar-refractivity contribution in [1.29, 1.82) is 0 Å². The molecule has 2 fully saturated rings. The number of rotatable bonds is 5. The number of urea groups is 1. The van der Waals surface area contributed by atoms with E-state index in [1.54, 1.807) is 29.4 Å². The highest BCUT2D eigenvalue weighted by atomic mass is 32.1. The molecule has 2 saturated heterocycles. The molecule has 8 nitrogen and oxygen atoms in total. The van der Waals surface area contributed by atoms with Crippen LogP contribution in [0.3, 0.4) is 0 Å². The van der Waals surface area contributed by atoms with Crippen LogP contribution in [-0.4, -0.2) is 66.6 Å². The minimum absolute atomic E-state index is 0.0967. The monoisotopic (exact) mass is 443 g/mol. The molecule has 2 aromatic rings. The molecule has 3 heterocycles. The molecule has 0 radical (unpaired) electrons. The number of piperazine rings is 1. The second-order valence-corrected chi connectivity index (χ2v) is 9.00. The molecular formula is C22H29N5O3S. The van der Waals surface area contributed by atoms with Crippen molar-refractivity contribution in [3.8, 4) is 5.75 Å². The van der Waals surface area contributed by atoms with E-state index in [0.29, 0.717) is 43.2 Å². The van der Waals surface area contributed by atoms with E-state index in [-0.39, 0.29) is 11.9 Å². The van der Waals surface area contributed by atoms with Gasteiger partial charge in [-0.3, -0.25) is 9.69 Å². The molecule has 4 rings (SSSR count). The molecular weight excluding hydrogens is 414 g/mol. The predicted molar refractivity (Wildman–Crippen MR) is 122 cm³/mol. The molecule has 1 aromatic carbocycles. The Labute approximate surface area is 186 Å². The van der Waals surface area contributed by atoms with Crippen molar-refractivity contribution in [3.05, 3.63) is 34.3 Å². The number of methoxy groups -OCH3 is 1. The first-order chi connectivity index (χ1) is 15.0. The number of carbonyl (C=O) groups excluding carboxylic acids is 2. The van der Waals surface area contributed by atoms with Crippen LogP contribution < -0.4 is 15.0 Å². The summed E-state index contributed by atoms with van der Waals surface area (Å²) in [6.07, 6.45) is 2.43. The molecule has 9 heteroatoms. The van der Waals surface area contributed by atoms with E-state index in [0.717, 1.165) is 43.2 Å². The highest BCUT2D eigenvalue weighted by Gasteiger charge is 2.25. The Morgan fingerprint density at radius 2 is 2.00 bits per heavy atom. The highest BCUT2D eigenvalue weighted by Crippen LogP contribution is 2.33. The van der Waals surface area contributed by atoms with E-state index in [9.17, 15) is 9.59 Å². The Balaban J connectivity index is 1.36. The lowest BCUT2D eigenvalue weighted by Gasteiger charge is -2.34. The molecule has 0 saturated carbocycles. The van der Waals surface area contributed by atoms with Crippen molar-refractivity contribution in [2.45, 2.75) is 32.7 Å². The molecule has 166 valence electrons. The quantitative estimate of drug-likeness (QED) is 0.767. The van der Waals surface area contributed by atoms with Gasteiger partial charge in [-0.2, -0.15) is 0 Å². The van der Waals surface area contributed by atoms with Gasteiger partial charge in [0, 0.05) is 56.8 Å². The van der Waals surface area contributed by atoms with Gasteiger partial charge in [-0.05, 0) is 38.0 Å². The Morgan fingerprint density at radius 1 is 1.19 bits per heavy atom. The van der Waals surface area contributed by atoms with E-state index in [1.807, 2.05) is 24.0 Å². The number of thiazole rings is 1. The van der Waals surface area contributed by atoms with E-state index in [4.69, 9.17) is 4.74 Å². The van der Waals surface area contributed by atoms with Crippen LogP contribution in [0.4, 0.5) is 16.2 Å². The Bertz CT molecular complexity index is 939. The fourth-order valence-corrected chi connectivity index (χ4v) is 4.66. The maximum absolute atomic E-state index is 12.8. The topological polar surface area (TPSA) is 78.0 Å². The summed E-state index contributed by atoms with van der Waals surface area (Å²) in [6.45, 7) is 6.49. The summed E-state index contributed by atoms with van der Waals surface area (Å²) < 4.78 is 5.46. The summed E-state index contributed by atoms with van der Waals surface area (Å²) in [5.74, 6) is 0.735. The molecule has 1 N–H and O–H groups in total. The third-order valence-electron chi connectivity index (χ3n) is 5.76. The highest BCUT2D eigenvalue weighted by molar-refractivity contribution is 7.09. The standard InChI is InChI=1S/C22H29N5O3S/c1-16-23-18(15-31-16)14-25-9-11-26(12-10-25)22(29)24-17-6-7-20(30-2)19(13-17)27-8-4-3-5-21(27)28/h6-7,13,15H,3-5,8-12,14H2,1-2H3,(H,24,29). The maximum Gasteiger partial charge on any atom is 0.321 e. The zero-order valence-corrected chi connectivity index (χ0v) is 18.9. The largest absolute Gasteiger partial charge is 0.495 e. The van der Waals surface area contributed by atoms with Crippen LogP contribution in [0.25, 0.3) is 0 Å². The molecule has 0 unspecified atom stereocenters. The second-order valence-electron chi connectivity index (χ2n) is 7.94. The van der Waals surface area contributed by atoms with Gasteiger partial charge in [-0.1, -0.05) is 0 Å². The van der Waals surface area contributed by atoms with E-state index in [2.05, 4.69) is 20.6 Å². The van der Waals surface area contributed by atoms with Crippen molar-refractivity contribution in [2.75, 3.05) is 50.1 Å². The van der Waals surface area contributed by atoms with Crippen LogP contribution in [0.1, 0.15) is 30.0 Å². The number of piperidine rings is 1. The molecule has 0 aliphatic carbocycles. The number of nitrogens with one attached hydrogen (secondary N) is 1. The van der Waals surface area contributed by atoms with Crippen LogP contribution in [0, 0.1) is 6.92 Å². The Kier molecular flexibility index (Phi) is 6.72. The van der Waals surface area contributed by atoms with E-state index >= 15 is 0 Å². The van der Waals surface area contributed by atoms with Gasteiger partial charge in [0.25, 0.3) is 0 Å². The third kappa shape index (κ3) is 5.16. The van der Waals surface area contributed by atoms with Gasteiger partial charge < -0.3 is 19.9 Å². The van der Waals surface area contributed by atoms with Crippen molar-refractivity contribution in [1.82, 2.24) is 14.8 Å². The summed E-state index contributed by atoms with van der Waals surface area (Å²) in [5, 5.41) is 6.17. The van der Waals surface area contributed by atoms with Crippen molar-refractivity contribution < 1.29 is 14.3 Å². The first kappa shape index (κ1) is 21.6. The smallest absolute Gasteiger partial charge is 0.321 e. The molecule has 1 aromatic heterocycles. The number of anilines is 2. The molecule has 0 spiro atoms. The first-order valence-corrected chi connectivity index (χ1v) is 11.6. The molecule has 3 amide bonds. The van der Waals surface area contributed by atoms with Gasteiger partial charge in [0.05, 0.1) is 23.5 Å². The van der Waals surface area contributed by atoms with Crippen molar-refractivity contribution >= 4 is 34.6 Å². The molecule has 2 aliphatic rings. The zero-order valence-electron chi connectivity index (χ0n) is 18.1. The summed E-state index contributed by atoms with van der Waals surface area (Å²) in [4.78, 5) is 35.6. The summed E-state index contributed by atoms with van der Waals surface area (Å²) in [6, 6.07) is 5.34. The Hall–Kier alpha value is -2.65. The van der Waals surface area contributed by atoms with Crippen LogP contribution >= 0.6 is 11.3 Å². The zero-order chi connectivity index (χ0) is 21.8. The van der Waals surface area contributed by atoms with Crippen molar-refractivity contribution in [2.24, 2.45) is 0 Å². The number of carbonyl (C=O) groups is 2. The first-order valence-electron chi connectivity index (χ1n) is 10.7. The fraction of sp³-hybridized carbons (Fsp3) is 0.500. The number of nitrogens with zero attached hydrogens (tertiary/aromatic N) is 4. The van der Waals surface area contributed by atoms with Gasteiger partial charge >= 0.3 is 6.03 Å². The van der Waals surface area contributed by atoms with Crippen LogP contribution in [0.5, 0.6) is 5.75 Å². The van der Waals surface area contributed by atoms with Gasteiger partial charge in [0.2, 0.25) is 5.91 Å². The Morgan fingerprint density at radius 3 is 2.68 bits per heavy atom. The van der Waals surface area contributed by atoms with Crippen molar-refractivity contribution in [3.63, 3.8) is 0 Å². The van der Waals surface area contributed by atoms with Gasteiger partial charge in [-0.15, -0.1) is 11.3 Å². The molecule has 0 bridgehead atoms. The van der Waals surface area contributed by atoms with Crippen LogP contribution in [0.2, 0.25) is 0 Å². The summed E-state index contributed by atoms with van der Waals surface area (Å²) in [7, 11) is 1.60. The average Bonchev–Trinajstić information content (AvgIpc) is 3.19. The number of amides is 3. The fourth-order valence-electron chi connectivity index (χ4n) is 4.06. The molecule has 31 heavy (non-hydrogen) atoms.